The van der Waals surface area contributed by atoms with Crippen LogP contribution in [0.15, 0.2) is 64.5 Å². The number of halogens is 1. The number of carbonyl (C=O) groups excluding carboxylic acids is 1. The highest BCUT2D eigenvalue weighted by molar-refractivity contribution is 7.99. The van der Waals surface area contributed by atoms with Crippen LogP contribution in [0.1, 0.15) is 10.4 Å². The van der Waals surface area contributed by atoms with Gasteiger partial charge >= 0.3 is 0 Å². The zero-order valence-corrected chi connectivity index (χ0v) is 18.2. The number of carbonyl (C=O) groups is 1. The van der Waals surface area contributed by atoms with Crippen molar-refractivity contribution in [2.45, 2.75) is 5.16 Å². The van der Waals surface area contributed by atoms with Crippen molar-refractivity contribution in [1.29, 1.82) is 0 Å². The third kappa shape index (κ3) is 4.07. The Hall–Kier alpha value is -2.81. The highest BCUT2D eigenvalue weighted by Crippen LogP contribution is 2.33. The van der Waals surface area contributed by atoms with Gasteiger partial charge in [-0.25, -0.2) is 9.66 Å². The van der Waals surface area contributed by atoms with Crippen LogP contribution < -0.4 is 16.1 Å². The molecule has 4 rings (SSSR count). The molecule has 152 valence electrons. The molecule has 0 aliphatic carbocycles. The van der Waals surface area contributed by atoms with Gasteiger partial charge in [-0.2, -0.15) is 0 Å². The molecule has 0 amide bonds. The van der Waals surface area contributed by atoms with Crippen LogP contribution in [0.25, 0.3) is 20.7 Å². The van der Waals surface area contributed by atoms with Crippen LogP contribution in [0.3, 0.4) is 0 Å². The van der Waals surface area contributed by atoms with Crippen LogP contribution in [0.5, 0.6) is 5.75 Å². The lowest BCUT2D eigenvalue weighted by Gasteiger charge is -2.06. The molecule has 2 aromatic heterocycles. The third-order valence-electron chi connectivity index (χ3n) is 4.40. The third-order valence-corrected chi connectivity index (χ3v) is 6.77. The standard InChI is InChI=1S/C21H16ClN3O3S2/c1-28-15-4-2-3-13(9-15)18-10-16-19(30-18)20(27)25(23)21(24-16)29-11-17(26)12-5-7-14(22)8-6-12/h2-10H,11,23H2,1H3. The summed E-state index contributed by atoms with van der Waals surface area (Å²) in [5.74, 6) is 6.69. The molecular formula is C21H16ClN3O3S2. The Labute approximate surface area is 185 Å². The van der Waals surface area contributed by atoms with E-state index in [-0.39, 0.29) is 22.3 Å². The molecule has 0 saturated heterocycles. The summed E-state index contributed by atoms with van der Waals surface area (Å²) in [5, 5.41) is 0.844. The van der Waals surface area contributed by atoms with E-state index in [0.717, 1.165) is 32.6 Å². The minimum Gasteiger partial charge on any atom is -0.497 e. The monoisotopic (exact) mass is 457 g/mol. The second kappa shape index (κ2) is 8.51. The molecule has 2 N–H and O–H groups in total. The molecule has 6 nitrogen and oxygen atoms in total. The fraction of sp³-hybridized carbons (Fsp3) is 0.0952. The summed E-state index contributed by atoms with van der Waals surface area (Å²) in [6.07, 6.45) is 0. The summed E-state index contributed by atoms with van der Waals surface area (Å²) in [7, 11) is 1.60. The Morgan fingerprint density at radius 3 is 2.73 bits per heavy atom. The van der Waals surface area contributed by atoms with Crippen molar-refractivity contribution in [3.05, 3.63) is 75.5 Å². The molecule has 0 aliphatic rings. The van der Waals surface area contributed by atoms with E-state index in [1.54, 1.807) is 31.4 Å². The molecule has 0 saturated carbocycles. The van der Waals surface area contributed by atoms with Gasteiger partial charge in [0.05, 0.1) is 18.4 Å². The summed E-state index contributed by atoms with van der Waals surface area (Å²) >= 11 is 8.30. The summed E-state index contributed by atoms with van der Waals surface area (Å²) in [6.45, 7) is 0. The largest absolute Gasteiger partial charge is 0.497 e. The van der Waals surface area contributed by atoms with E-state index < -0.39 is 0 Å². The molecule has 0 radical (unpaired) electrons. The maximum Gasteiger partial charge on any atom is 0.290 e. The van der Waals surface area contributed by atoms with Gasteiger partial charge in [0.15, 0.2) is 10.9 Å². The summed E-state index contributed by atoms with van der Waals surface area (Å²) in [5.41, 5.74) is 1.66. The first kappa shape index (κ1) is 20.5. The molecule has 0 atom stereocenters. The van der Waals surface area contributed by atoms with Gasteiger partial charge in [0.25, 0.3) is 5.56 Å². The Morgan fingerprint density at radius 2 is 2.00 bits per heavy atom. The fourth-order valence-electron chi connectivity index (χ4n) is 2.84. The molecule has 0 fully saturated rings. The van der Waals surface area contributed by atoms with Gasteiger partial charge in [0.2, 0.25) is 0 Å². The minimum atomic E-state index is -0.347. The molecule has 0 spiro atoms. The van der Waals surface area contributed by atoms with Crippen molar-refractivity contribution in [2.75, 3.05) is 18.7 Å². The topological polar surface area (TPSA) is 87.2 Å². The van der Waals surface area contributed by atoms with E-state index in [1.807, 2.05) is 30.3 Å². The van der Waals surface area contributed by atoms with Crippen LogP contribution in [0.2, 0.25) is 5.02 Å². The average molecular weight is 458 g/mol. The number of fused-ring (bicyclic) bond motifs is 1. The quantitative estimate of drug-likeness (QED) is 0.199. The molecule has 2 heterocycles. The Balaban J connectivity index is 1.63. The first-order valence-corrected chi connectivity index (χ1v) is 11.0. The first-order valence-electron chi connectivity index (χ1n) is 8.84. The van der Waals surface area contributed by atoms with Crippen LogP contribution in [0, 0.1) is 0 Å². The molecular weight excluding hydrogens is 442 g/mol. The second-order valence-corrected chi connectivity index (χ2v) is 8.78. The van der Waals surface area contributed by atoms with Crippen LogP contribution in [0.4, 0.5) is 0 Å². The molecule has 0 aliphatic heterocycles. The summed E-state index contributed by atoms with van der Waals surface area (Å²) in [4.78, 5) is 30.5. The Kier molecular flexibility index (Phi) is 5.80. The van der Waals surface area contributed by atoms with Crippen molar-refractivity contribution in [1.82, 2.24) is 9.66 Å². The number of ketones is 1. The van der Waals surface area contributed by atoms with E-state index in [2.05, 4.69) is 4.98 Å². The number of hydrogen-bond acceptors (Lipinski definition) is 7. The predicted octanol–water partition coefficient (Wildman–Crippen LogP) is 4.48. The van der Waals surface area contributed by atoms with Gasteiger partial charge in [0, 0.05) is 15.5 Å². The number of nitrogens with two attached hydrogens (primary N) is 1. The lowest BCUT2D eigenvalue weighted by molar-refractivity contribution is 0.102. The number of rotatable bonds is 6. The number of aromatic nitrogens is 2. The van der Waals surface area contributed by atoms with Crippen LogP contribution in [-0.4, -0.2) is 28.3 Å². The lowest BCUT2D eigenvalue weighted by Crippen LogP contribution is -2.29. The zero-order chi connectivity index (χ0) is 21.3. The fourth-order valence-corrected chi connectivity index (χ4v) is 4.81. The average Bonchev–Trinajstić information content (AvgIpc) is 3.20. The van der Waals surface area contributed by atoms with Crippen LogP contribution >= 0.6 is 34.7 Å². The zero-order valence-electron chi connectivity index (χ0n) is 15.8. The predicted molar refractivity (Wildman–Crippen MR) is 123 cm³/mol. The smallest absolute Gasteiger partial charge is 0.290 e. The van der Waals surface area contributed by atoms with E-state index in [0.29, 0.717) is 20.8 Å². The SMILES string of the molecule is COc1cccc(-c2cc3nc(SCC(=O)c4ccc(Cl)cc4)n(N)c(=O)c3s2)c1. The van der Waals surface area contributed by atoms with Crippen molar-refractivity contribution in [3.8, 4) is 16.2 Å². The van der Waals surface area contributed by atoms with Gasteiger partial charge in [0.1, 0.15) is 10.4 Å². The minimum absolute atomic E-state index is 0.101. The number of thioether (sulfide) groups is 1. The number of Topliss-reactive ketones (excluding diaryl/α,β-unsaturated/α-hetero) is 1. The van der Waals surface area contributed by atoms with Crippen molar-refractivity contribution >= 4 is 50.7 Å². The maximum atomic E-state index is 12.7. The highest BCUT2D eigenvalue weighted by atomic mass is 35.5. The second-order valence-electron chi connectivity index (χ2n) is 6.35. The summed E-state index contributed by atoms with van der Waals surface area (Å²) in [6, 6.07) is 16.1. The van der Waals surface area contributed by atoms with E-state index >= 15 is 0 Å². The number of ether oxygens (including phenoxy) is 1. The number of methoxy groups -OCH3 is 1. The molecule has 0 bridgehead atoms. The van der Waals surface area contributed by atoms with E-state index in [4.69, 9.17) is 22.2 Å². The maximum absolute atomic E-state index is 12.7. The highest BCUT2D eigenvalue weighted by Gasteiger charge is 2.16. The van der Waals surface area contributed by atoms with Gasteiger partial charge in [-0.3, -0.25) is 9.59 Å². The van der Waals surface area contributed by atoms with E-state index in [9.17, 15) is 9.59 Å². The molecule has 9 heteroatoms. The lowest BCUT2D eigenvalue weighted by atomic mass is 10.1. The number of nitrogens with zero attached hydrogens (tertiary/aromatic N) is 2. The number of nitrogen functional groups attached to an aromatic ring is 1. The number of thiophene rings is 1. The van der Waals surface area contributed by atoms with Gasteiger partial charge in [-0.15, -0.1) is 11.3 Å². The van der Waals surface area contributed by atoms with Crippen molar-refractivity contribution in [2.24, 2.45) is 0 Å². The number of benzene rings is 2. The normalized spacial score (nSPS) is 11.0. The van der Waals surface area contributed by atoms with E-state index in [1.165, 1.54) is 11.3 Å². The van der Waals surface area contributed by atoms with Gasteiger partial charge < -0.3 is 10.6 Å². The molecule has 0 unspecified atom stereocenters. The Bertz CT molecular complexity index is 1300. The van der Waals surface area contributed by atoms with Crippen molar-refractivity contribution < 1.29 is 9.53 Å². The number of hydrogen-bond donors (Lipinski definition) is 1. The molecule has 30 heavy (non-hydrogen) atoms. The first-order chi connectivity index (χ1) is 14.5. The van der Waals surface area contributed by atoms with Crippen molar-refractivity contribution in [3.63, 3.8) is 0 Å². The van der Waals surface area contributed by atoms with Gasteiger partial charge in [-0.1, -0.05) is 35.5 Å². The molecule has 2 aromatic carbocycles. The summed E-state index contributed by atoms with van der Waals surface area (Å²) < 4.78 is 6.73. The molecule has 4 aromatic rings. The van der Waals surface area contributed by atoms with Gasteiger partial charge in [-0.05, 0) is 48.0 Å². The van der Waals surface area contributed by atoms with Crippen LogP contribution in [-0.2, 0) is 0 Å². The Morgan fingerprint density at radius 1 is 1.23 bits per heavy atom.